The average Bonchev–Trinajstić information content (AvgIpc) is 2.23. The van der Waals surface area contributed by atoms with Crippen molar-refractivity contribution in [2.75, 3.05) is 6.54 Å². The van der Waals surface area contributed by atoms with Gasteiger partial charge in [-0.3, -0.25) is 0 Å². The van der Waals surface area contributed by atoms with Crippen LogP contribution in [0.25, 0.3) is 0 Å². The van der Waals surface area contributed by atoms with Gasteiger partial charge in [0, 0.05) is 27.2 Å². The van der Waals surface area contributed by atoms with Crippen molar-refractivity contribution in [1.82, 2.24) is 5.32 Å². The number of rotatable bonds is 5. The summed E-state index contributed by atoms with van der Waals surface area (Å²) in [5, 5.41) is 3.49. The normalized spacial score (nSPS) is 13.1. The molecule has 16 heavy (non-hydrogen) atoms. The van der Waals surface area contributed by atoms with Crippen molar-refractivity contribution in [3.8, 4) is 0 Å². The molecule has 1 rings (SSSR count). The van der Waals surface area contributed by atoms with Gasteiger partial charge < -0.3 is 11.1 Å². The molecule has 1 aromatic rings. The van der Waals surface area contributed by atoms with Gasteiger partial charge in [-0.25, -0.2) is 0 Å². The first-order valence-corrected chi connectivity index (χ1v) is 7.29. The molecule has 0 aliphatic rings. The number of halogens is 2. The summed E-state index contributed by atoms with van der Waals surface area (Å²) >= 11 is 5.89. The maximum absolute atomic E-state index is 5.73. The molecule has 0 aliphatic carbocycles. The summed E-state index contributed by atoms with van der Waals surface area (Å²) in [5.74, 6) is 0.562. The van der Waals surface area contributed by atoms with Crippen molar-refractivity contribution in [3.05, 3.63) is 31.8 Å². The summed E-state index contributed by atoms with van der Waals surface area (Å²) in [4.78, 5) is 0. The van der Waals surface area contributed by atoms with Crippen molar-refractivity contribution in [1.29, 1.82) is 0 Å². The predicted octanol–water partition coefficient (Wildman–Crippen LogP) is 3.13. The summed E-state index contributed by atoms with van der Waals surface area (Å²) in [6.07, 6.45) is 0. The lowest BCUT2D eigenvalue weighted by atomic mass is 10.0. The maximum Gasteiger partial charge on any atom is 0.0220 e. The lowest BCUT2D eigenvalue weighted by molar-refractivity contribution is 0.404. The van der Waals surface area contributed by atoms with Gasteiger partial charge in [0.2, 0.25) is 0 Å². The first-order chi connectivity index (χ1) is 7.54. The number of hydrogen-bond donors (Lipinski definition) is 2. The second-order valence-electron chi connectivity index (χ2n) is 4.20. The molecule has 0 aromatic heterocycles. The fourth-order valence-electron chi connectivity index (χ4n) is 1.51. The molecule has 0 heterocycles. The van der Waals surface area contributed by atoms with Crippen LogP contribution in [-0.2, 0) is 6.54 Å². The molecule has 4 heteroatoms. The van der Waals surface area contributed by atoms with Gasteiger partial charge in [-0.05, 0) is 52.3 Å². The molecule has 3 N–H and O–H groups in total. The Hall–Kier alpha value is 0.350. The molecule has 0 radical (unpaired) electrons. The van der Waals surface area contributed by atoms with E-state index in [1.165, 1.54) is 9.13 Å². The van der Waals surface area contributed by atoms with Gasteiger partial charge in [0.05, 0.1) is 0 Å². The number of nitrogens with one attached hydrogen (secondary N) is 1. The maximum atomic E-state index is 5.73. The quantitative estimate of drug-likeness (QED) is 0.750. The second-order valence-corrected chi connectivity index (χ2v) is 6.30. The van der Waals surface area contributed by atoms with Crippen LogP contribution in [0, 0.1) is 9.49 Å². The topological polar surface area (TPSA) is 38.0 Å². The summed E-state index contributed by atoms with van der Waals surface area (Å²) < 4.78 is 2.41. The van der Waals surface area contributed by atoms with Gasteiger partial charge in [0.15, 0.2) is 0 Å². The summed E-state index contributed by atoms with van der Waals surface area (Å²) in [6, 6.07) is 6.75. The first kappa shape index (κ1) is 14.4. The Morgan fingerprint density at radius 2 is 2.12 bits per heavy atom. The largest absolute Gasteiger partial charge is 0.329 e. The minimum Gasteiger partial charge on any atom is -0.329 e. The highest BCUT2D eigenvalue weighted by atomic mass is 127. The van der Waals surface area contributed by atoms with E-state index in [9.17, 15) is 0 Å². The highest BCUT2D eigenvalue weighted by Crippen LogP contribution is 2.19. The average molecular weight is 397 g/mol. The van der Waals surface area contributed by atoms with Crippen LogP contribution in [-0.4, -0.2) is 12.6 Å². The molecule has 0 amide bonds. The van der Waals surface area contributed by atoms with Gasteiger partial charge in [-0.1, -0.05) is 29.8 Å². The van der Waals surface area contributed by atoms with Crippen LogP contribution in [0.1, 0.15) is 19.4 Å². The molecule has 1 atom stereocenters. The van der Waals surface area contributed by atoms with Gasteiger partial charge in [0.1, 0.15) is 0 Å². The van der Waals surface area contributed by atoms with E-state index in [1.54, 1.807) is 0 Å². The van der Waals surface area contributed by atoms with Crippen LogP contribution in [0.15, 0.2) is 22.7 Å². The molecule has 0 saturated carbocycles. The van der Waals surface area contributed by atoms with Gasteiger partial charge >= 0.3 is 0 Å². The highest BCUT2D eigenvalue weighted by Gasteiger charge is 2.11. The van der Waals surface area contributed by atoms with Gasteiger partial charge in [-0.2, -0.15) is 0 Å². The third-order valence-electron chi connectivity index (χ3n) is 2.62. The molecular formula is C12H18BrIN2. The summed E-state index contributed by atoms with van der Waals surface area (Å²) in [6.45, 7) is 5.92. The van der Waals surface area contributed by atoms with Gasteiger partial charge in [0.25, 0.3) is 0 Å². The molecule has 90 valence electrons. The second kappa shape index (κ2) is 6.93. The molecule has 0 spiro atoms. The zero-order valence-corrected chi connectivity index (χ0v) is 13.4. The van der Waals surface area contributed by atoms with Crippen molar-refractivity contribution < 1.29 is 0 Å². The van der Waals surface area contributed by atoms with Crippen LogP contribution in [0.2, 0.25) is 0 Å². The molecule has 0 bridgehead atoms. The van der Waals surface area contributed by atoms with E-state index in [0.717, 1.165) is 11.0 Å². The minimum atomic E-state index is 0.379. The first-order valence-electron chi connectivity index (χ1n) is 5.42. The van der Waals surface area contributed by atoms with E-state index in [2.05, 4.69) is 75.9 Å². The zero-order chi connectivity index (χ0) is 12.1. The Labute approximate surface area is 120 Å². The van der Waals surface area contributed by atoms with Crippen molar-refractivity contribution in [2.24, 2.45) is 11.7 Å². The number of benzene rings is 1. The Bertz CT molecular complexity index is 342. The molecule has 2 nitrogen and oxygen atoms in total. The molecule has 0 fully saturated rings. The van der Waals surface area contributed by atoms with E-state index in [1.807, 2.05) is 0 Å². The monoisotopic (exact) mass is 396 g/mol. The van der Waals surface area contributed by atoms with Crippen LogP contribution < -0.4 is 11.1 Å². The van der Waals surface area contributed by atoms with E-state index in [4.69, 9.17) is 5.73 Å². The molecule has 1 aromatic carbocycles. The van der Waals surface area contributed by atoms with E-state index < -0.39 is 0 Å². The Kier molecular flexibility index (Phi) is 6.25. The Morgan fingerprint density at radius 3 is 2.69 bits per heavy atom. The third kappa shape index (κ3) is 4.31. The molecule has 0 saturated heterocycles. The van der Waals surface area contributed by atoms with Crippen molar-refractivity contribution in [2.45, 2.75) is 26.4 Å². The van der Waals surface area contributed by atoms with E-state index in [-0.39, 0.29) is 0 Å². The molecular weight excluding hydrogens is 379 g/mol. The number of hydrogen-bond acceptors (Lipinski definition) is 2. The Morgan fingerprint density at radius 1 is 1.44 bits per heavy atom. The van der Waals surface area contributed by atoms with Gasteiger partial charge in [-0.15, -0.1) is 0 Å². The summed E-state index contributed by atoms with van der Waals surface area (Å²) in [7, 11) is 0. The van der Waals surface area contributed by atoms with Crippen molar-refractivity contribution in [3.63, 3.8) is 0 Å². The van der Waals surface area contributed by atoms with Crippen LogP contribution >= 0.6 is 38.5 Å². The fourth-order valence-corrected chi connectivity index (χ4v) is 2.45. The molecule has 0 aliphatic heterocycles. The highest BCUT2D eigenvalue weighted by molar-refractivity contribution is 14.1. The van der Waals surface area contributed by atoms with E-state index >= 15 is 0 Å². The Balaban J connectivity index is 2.63. The standard InChI is InChI=1S/C12H18BrIN2/c1-8(2)12(6-15)16-7-9-5-10(14)3-4-11(9)13/h3-5,8,12,16H,6-7,15H2,1-2H3. The van der Waals surface area contributed by atoms with Crippen LogP contribution in [0.5, 0.6) is 0 Å². The number of nitrogens with two attached hydrogens (primary N) is 1. The minimum absolute atomic E-state index is 0.379. The zero-order valence-electron chi connectivity index (χ0n) is 9.63. The smallest absolute Gasteiger partial charge is 0.0220 e. The molecule has 1 unspecified atom stereocenters. The van der Waals surface area contributed by atoms with Crippen molar-refractivity contribution >= 4 is 38.5 Å². The van der Waals surface area contributed by atoms with Crippen LogP contribution in [0.4, 0.5) is 0 Å². The predicted molar refractivity (Wildman–Crippen MR) is 81.4 cm³/mol. The van der Waals surface area contributed by atoms with Crippen LogP contribution in [0.3, 0.4) is 0 Å². The van der Waals surface area contributed by atoms with E-state index in [0.29, 0.717) is 18.5 Å². The fraction of sp³-hybridized carbons (Fsp3) is 0.500. The third-order valence-corrected chi connectivity index (χ3v) is 4.07. The summed E-state index contributed by atoms with van der Waals surface area (Å²) in [5.41, 5.74) is 7.01. The lowest BCUT2D eigenvalue weighted by Crippen LogP contribution is -2.39. The SMILES string of the molecule is CC(C)C(CN)NCc1cc(I)ccc1Br. The lowest BCUT2D eigenvalue weighted by Gasteiger charge is -2.21.